The van der Waals surface area contributed by atoms with Crippen molar-refractivity contribution in [1.29, 1.82) is 0 Å². The zero-order valence-corrected chi connectivity index (χ0v) is 11.4. The number of aromatic hydroxyl groups is 1. The monoisotopic (exact) mass is 288 g/mol. The van der Waals surface area contributed by atoms with Crippen molar-refractivity contribution >= 4 is 18.1 Å². The van der Waals surface area contributed by atoms with Crippen LogP contribution in [0.2, 0.25) is 0 Å². The largest absolute Gasteiger partial charge is 0.500 e. The Labute approximate surface area is 117 Å². The van der Waals surface area contributed by atoms with Gasteiger partial charge in [-0.05, 0) is 30.4 Å². The summed E-state index contributed by atoms with van der Waals surface area (Å²) in [5.74, 6) is -0.000106. The number of hydrogen-bond acceptors (Lipinski definition) is 5. The first-order chi connectivity index (χ1) is 8.54. The van der Waals surface area contributed by atoms with Crippen molar-refractivity contribution in [2.45, 2.75) is 25.3 Å². The molecule has 0 spiro atoms. The Bertz CT molecular complexity index is 477. The average Bonchev–Trinajstić information content (AvgIpc) is 2.26. The fraction of sp³-hybridized carbons (Fsp3) is 0.500. The molecule has 0 heterocycles. The fourth-order valence-electron chi connectivity index (χ4n) is 2.17. The van der Waals surface area contributed by atoms with Gasteiger partial charge in [0.1, 0.15) is 0 Å². The maximum absolute atomic E-state index is 10.9. The number of halogens is 1. The van der Waals surface area contributed by atoms with E-state index in [2.05, 4.69) is 0 Å². The van der Waals surface area contributed by atoms with E-state index in [-0.39, 0.29) is 29.9 Å². The number of nitrogens with zero attached hydrogens (tertiary/aromatic N) is 1. The minimum absolute atomic E-state index is 0. The molecular weight excluding hydrogens is 272 g/mol. The Morgan fingerprint density at radius 3 is 2.58 bits per heavy atom. The molecule has 0 amide bonds. The fourth-order valence-corrected chi connectivity index (χ4v) is 2.17. The molecular formula is C12H17ClN2O4. The van der Waals surface area contributed by atoms with Crippen LogP contribution in [0.1, 0.15) is 30.9 Å². The van der Waals surface area contributed by atoms with Crippen LogP contribution in [0.5, 0.6) is 11.5 Å². The Hall–Kier alpha value is -1.53. The second kappa shape index (κ2) is 6.08. The molecule has 0 bridgehead atoms. The minimum atomic E-state index is -0.630. The van der Waals surface area contributed by atoms with E-state index in [1.54, 1.807) is 6.07 Å². The number of phenolic OH excluding ortho intramolecular Hbond substituents is 1. The number of ether oxygens (including phenoxy) is 1. The van der Waals surface area contributed by atoms with E-state index in [0.717, 1.165) is 19.3 Å². The number of methoxy groups -OCH3 is 1. The number of nitrogens with two attached hydrogens (primary N) is 1. The van der Waals surface area contributed by atoms with Gasteiger partial charge in [-0.2, -0.15) is 0 Å². The highest BCUT2D eigenvalue weighted by Gasteiger charge is 2.29. The van der Waals surface area contributed by atoms with Gasteiger partial charge in [-0.15, -0.1) is 12.4 Å². The van der Waals surface area contributed by atoms with Gasteiger partial charge in [0.25, 0.3) is 0 Å². The van der Waals surface area contributed by atoms with Crippen molar-refractivity contribution in [2.75, 3.05) is 7.11 Å². The molecule has 1 aliphatic carbocycles. The zero-order chi connectivity index (χ0) is 13.3. The predicted octanol–water partition coefficient (Wildman–Crippen LogP) is 2.53. The van der Waals surface area contributed by atoms with E-state index in [9.17, 15) is 15.2 Å². The molecule has 7 heteroatoms. The average molecular weight is 289 g/mol. The summed E-state index contributed by atoms with van der Waals surface area (Å²) in [6.45, 7) is 0. The van der Waals surface area contributed by atoms with Crippen LogP contribution in [-0.4, -0.2) is 17.1 Å². The van der Waals surface area contributed by atoms with Crippen molar-refractivity contribution in [1.82, 2.24) is 0 Å². The molecule has 6 nitrogen and oxygen atoms in total. The lowest BCUT2D eigenvalue weighted by atomic mass is 9.77. The van der Waals surface area contributed by atoms with E-state index in [1.165, 1.54) is 13.2 Å². The molecule has 2 rings (SSSR count). The van der Waals surface area contributed by atoms with Gasteiger partial charge in [0.2, 0.25) is 5.75 Å². The zero-order valence-electron chi connectivity index (χ0n) is 10.5. The lowest BCUT2D eigenvalue weighted by Gasteiger charge is -2.31. The van der Waals surface area contributed by atoms with Crippen LogP contribution in [0.3, 0.4) is 0 Å². The van der Waals surface area contributed by atoms with Gasteiger partial charge in [-0.3, -0.25) is 10.1 Å². The summed E-state index contributed by atoms with van der Waals surface area (Å²) in [4.78, 5) is 10.2. The van der Waals surface area contributed by atoms with Gasteiger partial charge in [-0.25, -0.2) is 0 Å². The van der Waals surface area contributed by atoms with Crippen LogP contribution in [0.15, 0.2) is 12.1 Å². The first-order valence-electron chi connectivity index (χ1n) is 5.85. The van der Waals surface area contributed by atoms with Crippen LogP contribution in [0, 0.1) is 16.0 Å². The predicted molar refractivity (Wildman–Crippen MR) is 72.8 cm³/mol. The number of rotatable bonds is 4. The summed E-state index contributed by atoms with van der Waals surface area (Å²) in [6, 6.07) is 2.67. The van der Waals surface area contributed by atoms with Gasteiger partial charge in [-0.1, -0.05) is 6.42 Å². The number of nitro groups is 1. The standard InChI is InChI=1S/C12H16N2O4.ClH/c1-18-10-6-8(11(13)7-3-2-4-7)5-9(12(10)15)14(16)17;/h5-7,11,15H,2-4,13H2,1H3;1H/t11-;/m1./s1. The Kier molecular flexibility index (Phi) is 4.97. The summed E-state index contributed by atoms with van der Waals surface area (Å²) in [7, 11) is 1.36. The first-order valence-corrected chi connectivity index (χ1v) is 5.85. The van der Waals surface area contributed by atoms with E-state index < -0.39 is 10.7 Å². The SMILES string of the molecule is COc1cc([C@H](N)C2CCC2)cc([N+](=O)[O-])c1O.Cl. The quantitative estimate of drug-likeness (QED) is 0.655. The van der Waals surface area contributed by atoms with Gasteiger partial charge in [0.05, 0.1) is 12.0 Å². The van der Waals surface area contributed by atoms with Crippen molar-refractivity contribution in [2.24, 2.45) is 11.7 Å². The Morgan fingerprint density at radius 1 is 1.53 bits per heavy atom. The van der Waals surface area contributed by atoms with Gasteiger partial charge >= 0.3 is 5.69 Å². The lowest BCUT2D eigenvalue weighted by molar-refractivity contribution is -0.386. The van der Waals surface area contributed by atoms with Crippen molar-refractivity contribution < 1.29 is 14.8 Å². The molecule has 1 atom stereocenters. The molecule has 0 radical (unpaired) electrons. The van der Waals surface area contributed by atoms with Gasteiger partial charge < -0.3 is 15.6 Å². The summed E-state index contributed by atoms with van der Waals surface area (Å²) in [6.07, 6.45) is 3.23. The number of benzene rings is 1. The van der Waals surface area contributed by atoms with Crippen LogP contribution >= 0.6 is 12.4 Å². The third-order valence-corrected chi connectivity index (χ3v) is 3.54. The highest BCUT2D eigenvalue weighted by molar-refractivity contribution is 5.85. The third kappa shape index (κ3) is 2.90. The first kappa shape index (κ1) is 15.5. The third-order valence-electron chi connectivity index (χ3n) is 3.54. The lowest BCUT2D eigenvalue weighted by Crippen LogP contribution is -2.26. The van der Waals surface area contributed by atoms with Crippen molar-refractivity contribution in [3.05, 3.63) is 27.8 Å². The second-order valence-corrected chi connectivity index (χ2v) is 4.56. The molecule has 3 N–H and O–H groups in total. The minimum Gasteiger partial charge on any atom is -0.500 e. The Balaban J connectivity index is 0.00000180. The second-order valence-electron chi connectivity index (χ2n) is 4.56. The van der Waals surface area contributed by atoms with Gasteiger partial charge in [0, 0.05) is 12.1 Å². The Morgan fingerprint density at radius 2 is 2.16 bits per heavy atom. The van der Waals surface area contributed by atoms with Crippen LogP contribution < -0.4 is 10.5 Å². The van der Waals surface area contributed by atoms with Gasteiger partial charge in [0.15, 0.2) is 5.75 Å². The smallest absolute Gasteiger partial charge is 0.314 e. The highest BCUT2D eigenvalue weighted by atomic mass is 35.5. The van der Waals surface area contributed by atoms with E-state index in [0.29, 0.717) is 11.5 Å². The highest BCUT2D eigenvalue weighted by Crippen LogP contribution is 2.42. The molecule has 1 aliphatic rings. The number of nitro benzene ring substituents is 1. The van der Waals surface area contributed by atoms with Crippen LogP contribution in [0.25, 0.3) is 0 Å². The van der Waals surface area contributed by atoms with E-state index in [1.807, 2.05) is 0 Å². The normalized spacial score (nSPS) is 16.1. The molecule has 0 aliphatic heterocycles. The molecule has 106 valence electrons. The van der Waals surface area contributed by atoms with Crippen molar-refractivity contribution in [3.63, 3.8) is 0 Å². The molecule has 19 heavy (non-hydrogen) atoms. The number of hydrogen-bond donors (Lipinski definition) is 2. The van der Waals surface area contributed by atoms with Crippen molar-refractivity contribution in [3.8, 4) is 11.5 Å². The maximum atomic E-state index is 10.9. The molecule has 1 aromatic rings. The topological polar surface area (TPSA) is 98.6 Å². The molecule has 0 aromatic heterocycles. The molecule has 0 unspecified atom stereocenters. The molecule has 1 aromatic carbocycles. The summed E-state index contributed by atoms with van der Waals surface area (Å²) in [5.41, 5.74) is 6.36. The van der Waals surface area contributed by atoms with E-state index >= 15 is 0 Å². The molecule has 1 fully saturated rings. The summed E-state index contributed by atoms with van der Waals surface area (Å²) in [5, 5.41) is 20.5. The van der Waals surface area contributed by atoms with Crippen LogP contribution in [0.4, 0.5) is 5.69 Å². The molecule has 1 saturated carbocycles. The number of phenols is 1. The summed E-state index contributed by atoms with van der Waals surface area (Å²) < 4.78 is 4.95. The maximum Gasteiger partial charge on any atom is 0.314 e. The van der Waals surface area contributed by atoms with Crippen LogP contribution in [-0.2, 0) is 0 Å². The molecule has 0 saturated heterocycles. The summed E-state index contributed by atoms with van der Waals surface area (Å²) >= 11 is 0. The van der Waals surface area contributed by atoms with E-state index in [4.69, 9.17) is 10.5 Å².